The van der Waals surface area contributed by atoms with E-state index in [0.29, 0.717) is 23.7 Å². The smallest absolute Gasteiger partial charge is 0.203 e. The normalized spacial score (nSPS) is 11.6. The Balaban J connectivity index is 3.41. The van der Waals surface area contributed by atoms with E-state index in [1.54, 1.807) is 27.4 Å². The Labute approximate surface area is 114 Å². The van der Waals surface area contributed by atoms with Crippen LogP contribution in [-0.2, 0) is 4.79 Å². The van der Waals surface area contributed by atoms with Gasteiger partial charge in [0.05, 0.1) is 21.3 Å². The van der Waals surface area contributed by atoms with Gasteiger partial charge in [0, 0.05) is 17.9 Å². The lowest BCUT2D eigenvalue weighted by Crippen LogP contribution is -2.05. The van der Waals surface area contributed by atoms with Crippen molar-refractivity contribution < 1.29 is 19.0 Å². The monoisotopic (exact) mass is 264 g/mol. The first-order chi connectivity index (χ1) is 9.10. The van der Waals surface area contributed by atoms with Crippen LogP contribution in [-0.4, -0.2) is 27.6 Å². The number of hydrogen-bond acceptors (Lipinski definition) is 4. The number of hydrogen-bond donors (Lipinski definition) is 0. The van der Waals surface area contributed by atoms with Crippen LogP contribution in [0.15, 0.2) is 24.3 Å². The quantitative estimate of drug-likeness (QED) is 0.561. The summed E-state index contributed by atoms with van der Waals surface area (Å²) in [5, 5.41) is 0. The molecule has 0 spiro atoms. The molecule has 4 nitrogen and oxygen atoms in total. The molecule has 0 aliphatic rings. The molecule has 1 rings (SSSR count). The van der Waals surface area contributed by atoms with E-state index in [4.69, 9.17) is 14.2 Å². The van der Waals surface area contributed by atoms with Gasteiger partial charge >= 0.3 is 0 Å². The number of ether oxygens (including phenoxy) is 3. The summed E-state index contributed by atoms with van der Waals surface area (Å²) in [5.41, 5.74) is 1.78. The molecule has 0 radical (unpaired) electrons. The average molecular weight is 264 g/mol. The minimum Gasteiger partial charge on any atom is -0.493 e. The van der Waals surface area contributed by atoms with Gasteiger partial charge < -0.3 is 19.0 Å². The van der Waals surface area contributed by atoms with Gasteiger partial charge in [0.1, 0.15) is 6.29 Å². The van der Waals surface area contributed by atoms with Gasteiger partial charge in [0.25, 0.3) is 0 Å². The summed E-state index contributed by atoms with van der Waals surface area (Å²) in [6, 6.07) is 3.68. The summed E-state index contributed by atoms with van der Waals surface area (Å²) in [4.78, 5) is 10.8. The molecule has 0 fully saturated rings. The van der Waals surface area contributed by atoms with E-state index < -0.39 is 0 Å². The number of carbonyl (C=O) groups excluding carboxylic acids is 1. The first-order valence-corrected chi connectivity index (χ1v) is 5.98. The molecule has 1 unspecified atom stereocenters. The van der Waals surface area contributed by atoms with Crippen LogP contribution in [0.2, 0.25) is 0 Å². The lowest BCUT2D eigenvalue weighted by Gasteiger charge is -2.21. The van der Waals surface area contributed by atoms with Crippen LogP contribution >= 0.6 is 0 Å². The molecule has 0 bridgehead atoms. The van der Waals surface area contributed by atoms with Gasteiger partial charge in [-0.1, -0.05) is 18.2 Å². The number of rotatable bonds is 7. The Bertz CT molecular complexity index is 465. The summed E-state index contributed by atoms with van der Waals surface area (Å²) in [6.45, 7) is 5.83. The lowest BCUT2D eigenvalue weighted by molar-refractivity contribution is -0.108. The summed E-state index contributed by atoms with van der Waals surface area (Å²) in [6.07, 6.45) is 1.25. The second-order valence-corrected chi connectivity index (χ2v) is 4.22. The number of allylic oxidation sites excluding steroid dienone is 1. The van der Waals surface area contributed by atoms with Crippen molar-refractivity contribution in [2.24, 2.45) is 0 Å². The molecule has 0 aliphatic heterocycles. The number of aldehydes is 1. The maximum absolute atomic E-state index is 10.8. The first-order valence-electron chi connectivity index (χ1n) is 5.98. The minimum absolute atomic E-state index is 0.0905. The van der Waals surface area contributed by atoms with Gasteiger partial charge in [-0.15, -0.1) is 0 Å². The first kappa shape index (κ1) is 15.1. The molecule has 4 heteroatoms. The third-order valence-corrected chi connectivity index (χ3v) is 3.04. The Kier molecular flexibility index (Phi) is 5.42. The molecule has 0 saturated carbocycles. The molecule has 0 saturated heterocycles. The SMILES string of the molecule is C=C(C)C(CC=O)c1ccc(OC)c(OC)c1OC. The van der Waals surface area contributed by atoms with E-state index in [-0.39, 0.29) is 5.92 Å². The maximum Gasteiger partial charge on any atom is 0.203 e. The minimum atomic E-state index is -0.0905. The molecule has 1 aromatic rings. The van der Waals surface area contributed by atoms with Crippen LogP contribution in [0.4, 0.5) is 0 Å². The van der Waals surface area contributed by atoms with Gasteiger partial charge in [0.2, 0.25) is 5.75 Å². The van der Waals surface area contributed by atoms with Crippen molar-refractivity contribution in [3.8, 4) is 17.2 Å². The largest absolute Gasteiger partial charge is 0.493 e. The van der Waals surface area contributed by atoms with Gasteiger partial charge in [-0.3, -0.25) is 0 Å². The highest BCUT2D eigenvalue weighted by atomic mass is 16.5. The zero-order valence-corrected chi connectivity index (χ0v) is 11.9. The van der Waals surface area contributed by atoms with Gasteiger partial charge in [-0.25, -0.2) is 0 Å². The third-order valence-electron chi connectivity index (χ3n) is 3.04. The number of benzene rings is 1. The third kappa shape index (κ3) is 3.08. The highest BCUT2D eigenvalue weighted by Gasteiger charge is 2.22. The summed E-state index contributed by atoms with van der Waals surface area (Å²) >= 11 is 0. The summed E-state index contributed by atoms with van der Waals surface area (Å²) < 4.78 is 16.0. The van der Waals surface area contributed by atoms with Crippen LogP contribution in [0.5, 0.6) is 17.2 Å². The van der Waals surface area contributed by atoms with Crippen molar-refractivity contribution in [1.29, 1.82) is 0 Å². The summed E-state index contributed by atoms with van der Waals surface area (Å²) in [7, 11) is 4.69. The molecule has 0 amide bonds. The molecule has 0 heterocycles. The molecule has 0 aromatic heterocycles. The molecule has 0 N–H and O–H groups in total. The van der Waals surface area contributed by atoms with Gasteiger partial charge in [0.15, 0.2) is 11.5 Å². The fourth-order valence-corrected chi connectivity index (χ4v) is 2.09. The molecule has 1 aromatic carbocycles. The molecule has 104 valence electrons. The standard InChI is InChI=1S/C15H20O4/c1-10(2)11(8-9-16)12-6-7-13(17-3)15(19-5)14(12)18-4/h6-7,9,11H,1,8H2,2-5H3. The number of carbonyl (C=O) groups is 1. The number of methoxy groups -OCH3 is 3. The van der Waals surface area contributed by atoms with Gasteiger partial charge in [-0.05, 0) is 13.0 Å². The Morgan fingerprint density at radius 3 is 2.26 bits per heavy atom. The van der Waals surface area contributed by atoms with Crippen LogP contribution in [0.1, 0.15) is 24.8 Å². The van der Waals surface area contributed by atoms with Crippen LogP contribution in [0.25, 0.3) is 0 Å². The molecular formula is C15H20O4. The van der Waals surface area contributed by atoms with Crippen molar-refractivity contribution >= 4 is 6.29 Å². The molecular weight excluding hydrogens is 244 g/mol. The Morgan fingerprint density at radius 2 is 1.84 bits per heavy atom. The van der Waals surface area contributed by atoms with Gasteiger partial charge in [-0.2, -0.15) is 0 Å². The maximum atomic E-state index is 10.8. The average Bonchev–Trinajstić information content (AvgIpc) is 2.42. The van der Waals surface area contributed by atoms with Crippen LogP contribution in [0, 0.1) is 0 Å². The van der Waals surface area contributed by atoms with Crippen molar-refractivity contribution in [2.75, 3.05) is 21.3 Å². The van der Waals surface area contributed by atoms with E-state index in [1.165, 1.54) is 0 Å². The highest BCUT2D eigenvalue weighted by molar-refractivity contribution is 5.61. The highest BCUT2D eigenvalue weighted by Crippen LogP contribution is 2.44. The van der Waals surface area contributed by atoms with E-state index in [0.717, 1.165) is 17.4 Å². The zero-order valence-electron chi connectivity index (χ0n) is 11.9. The van der Waals surface area contributed by atoms with E-state index in [9.17, 15) is 4.79 Å². The van der Waals surface area contributed by atoms with Crippen molar-refractivity contribution in [3.05, 3.63) is 29.8 Å². The second-order valence-electron chi connectivity index (χ2n) is 4.22. The topological polar surface area (TPSA) is 44.8 Å². The molecule has 19 heavy (non-hydrogen) atoms. The molecule has 1 atom stereocenters. The summed E-state index contributed by atoms with van der Waals surface area (Å²) in [5.74, 6) is 1.61. The van der Waals surface area contributed by atoms with E-state index in [2.05, 4.69) is 6.58 Å². The zero-order chi connectivity index (χ0) is 14.4. The molecule has 0 aliphatic carbocycles. The van der Waals surface area contributed by atoms with Crippen molar-refractivity contribution in [3.63, 3.8) is 0 Å². The fraction of sp³-hybridized carbons (Fsp3) is 0.400. The predicted molar refractivity (Wildman–Crippen MR) is 74.3 cm³/mol. The van der Waals surface area contributed by atoms with E-state index >= 15 is 0 Å². The predicted octanol–water partition coefficient (Wildman–Crippen LogP) is 2.96. The Hall–Kier alpha value is -1.97. The van der Waals surface area contributed by atoms with Crippen LogP contribution in [0.3, 0.4) is 0 Å². The van der Waals surface area contributed by atoms with E-state index in [1.807, 2.05) is 13.0 Å². The van der Waals surface area contributed by atoms with Crippen LogP contribution < -0.4 is 14.2 Å². The van der Waals surface area contributed by atoms with Crippen molar-refractivity contribution in [1.82, 2.24) is 0 Å². The van der Waals surface area contributed by atoms with Crippen molar-refractivity contribution in [2.45, 2.75) is 19.3 Å². The lowest BCUT2D eigenvalue weighted by atomic mass is 9.89. The fourth-order valence-electron chi connectivity index (χ4n) is 2.09. The Morgan fingerprint density at radius 1 is 1.21 bits per heavy atom. The second kappa shape index (κ2) is 6.83.